The quantitative estimate of drug-likeness (QED) is 0.571. The van der Waals surface area contributed by atoms with Gasteiger partial charge in [0.25, 0.3) is 0 Å². The summed E-state index contributed by atoms with van der Waals surface area (Å²) in [6.45, 7) is 0. The Hall–Kier alpha value is -2.36. The van der Waals surface area contributed by atoms with E-state index in [9.17, 15) is 9.59 Å². The van der Waals surface area contributed by atoms with E-state index in [-0.39, 0.29) is 5.16 Å². The van der Waals surface area contributed by atoms with Gasteiger partial charge in [0.1, 0.15) is 6.33 Å². The van der Waals surface area contributed by atoms with Crippen LogP contribution in [0.5, 0.6) is 5.75 Å². The van der Waals surface area contributed by atoms with Crippen molar-refractivity contribution in [3.63, 3.8) is 0 Å². The fraction of sp³-hybridized carbons (Fsp3) is 0.300. The maximum Gasteiger partial charge on any atom is 0.339 e. The van der Waals surface area contributed by atoms with Gasteiger partial charge in [0.15, 0.2) is 21.7 Å². The topological polar surface area (TPSA) is 115 Å². The SMILES string of the molecule is CNc1ncnc(Sc2nc(=O)c(=O)[nH]n2C)c1OC. The summed E-state index contributed by atoms with van der Waals surface area (Å²) in [5.41, 5.74) is -1.63. The first-order valence-electron chi connectivity index (χ1n) is 5.48. The van der Waals surface area contributed by atoms with Crippen molar-refractivity contribution in [2.75, 3.05) is 19.5 Å². The van der Waals surface area contributed by atoms with Crippen LogP contribution in [-0.4, -0.2) is 38.9 Å². The number of ether oxygens (including phenoxy) is 1. The summed E-state index contributed by atoms with van der Waals surface area (Å²) < 4.78 is 6.58. The van der Waals surface area contributed by atoms with Crippen LogP contribution < -0.4 is 21.2 Å². The number of aromatic nitrogens is 5. The molecular weight excluding hydrogens is 284 g/mol. The zero-order valence-corrected chi connectivity index (χ0v) is 11.8. The minimum absolute atomic E-state index is 0.286. The van der Waals surface area contributed by atoms with E-state index in [1.165, 1.54) is 18.1 Å². The lowest BCUT2D eigenvalue weighted by molar-refractivity contribution is 0.400. The van der Waals surface area contributed by atoms with Crippen molar-refractivity contribution in [3.8, 4) is 5.75 Å². The van der Waals surface area contributed by atoms with Gasteiger partial charge in [-0.15, -0.1) is 0 Å². The van der Waals surface area contributed by atoms with E-state index in [2.05, 4.69) is 25.4 Å². The standard InChI is InChI=1S/C10H12N6O3S/c1-11-6-5(19-3)9(13-4-12-6)20-10-14-7(17)8(18)15-16(10)2/h4H,1-3H3,(H,15,18)(H,11,12,13). The molecule has 0 aliphatic rings. The van der Waals surface area contributed by atoms with Gasteiger partial charge in [-0.1, -0.05) is 0 Å². The molecule has 106 valence electrons. The van der Waals surface area contributed by atoms with Crippen LogP contribution in [0.1, 0.15) is 0 Å². The van der Waals surface area contributed by atoms with Crippen molar-refractivity contribution in [2.45, 2.75) is 10.2 Å². The summed E-state index contributed by atoms with van der Waals surface area (Å²) in [7, 11) is 4.76. The molecule has 9 nitrogen and oxygen atoms in total. The van der Waals surface area contributed by atoms with Crippen LogP contribution in [-0.2, 0) is 7.05 Å². The maximum absolute atomic E-state index is 11.3. The van der Waals surface area contributed by atoms with Crippen molar-refractivity contribution < 1.29 is 4.74 Å². The second kappa shape index (κ2) is 5.74. The maximum atomic E-state index is 11.3. The van der Waals surface area contributed by atoms with Crippen LogP contribution >= 0.6 is 11.8 Å². The number of H-pyrrole nitrogens is 1. The zero-order valence-electron chi connectivity index (χ0n) is 11.0. The van der Waals surface area contributed by atoms with Crippen LogP contribution in [0.15, 0.2) is 26.1 Å². The van der Waals surface area contributed by atoms with E-state index in [0.29, 0.717) is 16.6 Å². The molecule has 0 bridgehead atoms. The fourth-order valence-electron chi connectivity index (χ4n) is 1.43. The molecule has 10 heteroatoms. The Labute approximate surface area is 117 Å². The monoisotopic (exact) mass is 296 g/mol. The lowest BCUT2D eigenvalue weighted by atomic mass is 10.5. The fourth-order valence-corrected chi connectivity index (χ4v) is 2.29. The molecule has 0 amide bonds. The molecule has 0 radical (unpaired) electrons. The van der Waals surface area contributed by atoms with Crippen LogP contribution in [0.4, 0.5) is 5.82 Å². The molecule has 0 fully saturated rings. The third-order valence-corrected chi connectivity index (χ3v) is 3.38. The predicted molar refractivity (Wildman–Crippen MR) is 72.4 cm³/mol. The molecule has 0 aliphatic carbocycles. The lowest BCUT2D eigenvalue weighted by Gasteiger charge is -2.11. The van der Waals surface area contributed by atoms with Gasteiger partial charge in [-0.05, 0) is 11.8 Å². The van der Waals surface area contributed by atoms with E-state index in [4.69, 9.17) is 4.74 Å². The molecule has 0 spiro atoms. The van der Waals surface area contributed by atoms with Crippen LogP contribution in [0.3, 0.4) is 0 Å². The van der Waals surface area contributed by atoms with Gasteiger partial charge in [-0.2, -0.15) is 4.98 Å². The number of methoxy groups -OCH3 is 1. The van der Waals surface area contributed by atoms with Gasteiger partial charge >= 0.3 is 11.1 Å². The summed E-state index contributed by atoms with van der Waals surface area (Å²) >= 11 is 1.08. The van der Waals surface area contributed by atoms with Crippen LogP contribution in [0.2, 0.25) is 0 Å². The van der Waals surface area contributed by atoms with E-state index >= 15 is 0 Å². The predicted octanol–water partition coefficient (Wildman–Crippen LogP) is -0.540. The molecule has 0 unspecified atom stereocenters. The van der Waals surface area contributed by atoms with Crippen molar-refractivity contribution >= 4 is 17.6 Å². The molecule has 0 saturated carbocycles. The third kappa shape index (κ3) is 2.64. The minimum atomic E-state index is -0.854. The molecule has 0 aromatic carbocycles. The Bertz CT molecular complexity index is 741. The largest absolute Gasteiger partial charge is 0.490 e. The number of hydrogen-bond acceptors (Lipinski definition) is 8. The average Bonchev–Trinajstić information content (AvgIpc) is 2.44. The smallest absolute Gasteiger partial charge is 0.339 e. The van der Waals surface area contributed by atoms with E-state index in [1.807, 2.05) is 0 Å². The summed E-state index contributed by atoms with van der Waals surface area (Å²) in [5, 5.41) is 5.99. The zero-order chi connectivity index (χ0) is 14.7. The Morgan fingerprint density at radius 1 is 1.40 bits per heavy atom. The highest BCUT2D eigenvalue weighted by molar-refractivity contribution is 7.99. The van der Waals surface area contributed by atoms with Crippen molar-refractivity contribution in [3.05, 3.63) is 27.0 Å². The van der Waals surface area contributed by atoms with Gasteiger partial charge in [0, 0.05) is 14.1 Å². The normalized spacial score (nSPS) is 10.3. The van der Waals surface area contributed by atoms with Gasteiger partial charge in [0.05, 0.1) is 7.11 Å². The molecule has 0 aliphatic heterocycles. The first-order chi connectivity index (χ1) is 9.56. The van der Waals surface area contributed by atoms with E-state index < -0.39 is 11.1 Å². The van der Waals surface area contributed by atoms with Gasteiger partial charge < -0.3 is 10.1 Å². The van der Waals surface area contributed by atoms with Crippen molar-refractivity contribution in [1.82, 2.24) is 24.7 Å². The molecule has 2 aromatic heterocycles. The molecule has 2 N–H and O–H groups in total. The Balaban J connectivity index is 2.47. The van der Waals surface area contributed by atoms with Gasteiger partial charge in [-0.25, -0.2) is 9.97 Å². The molecule has 2 aromatic rings. The van der Waals surface area contributed by atoms with E-state index in [0.717, 1.165) is 11.8 Å². The number of aryl methyl sites for hydroxylation is 1. The highest BCUT2D eigenvalue weighted by atomic mass is 32.2. The molecule has 0 saturated heterocycles. The first-order valence-corrected chi connectivity index (χ1v) is 6.30. The number of aromatic amines is 1. The van der Waals surface area contributed by atoms with E-state index in [1.54, 1.807) is 14.1 Å². The Morgan fingerprint density at radius 2 is 2.15 bits per heavy atom. The molecule has 2 rings (SSSR count). The lowest BCUT2D eigenvalue weighted by Crippen LogP contribution is -2.33. The summed E-state index contributed by atoms with van der Waals surface area (Å²) in [6.07, 6.45) is 1.36. The first kappa shape index (κ1) is 14.1. The molecule has 0 atom stereocenters. The molecular formula is C10H12N6O3S. The Morgan fingerprint density at radius 3 is 2.80 bits per heavy atom. The van der Waals surface area contributed by atoms with Gasteiger partial charge in [0.2, 0.25) is 0 Å². The second-order valence-electron chi connectivity index (χ2n) is 3.61. The summed E-state index contributed by atoms with van der Waals surface area (Å²) in [6, 6.07) is 0. The number of hydrogen-bond donors (Lipinski definition) is 2. The highest BCUT2D eigenvalue weighted by Crippen LogP contribution is 2.34. The molecule has 20 heavy (non-hydrogen) atoms. The number of nitrogens with one attached hydrogen (secondary N) is 2. The average molecular weight is 296 g/mol. The highest BCUT2D eigenvalue weighted by Gasteiger charge is 2.15. The Kier molecular flexibility index (Phi) is 4.03. The molecule has 2 heterocycles. The summed E-state index contributed by atoms with van der Waals surface area (Å²) in [4.78, 5) is 34.2. The van der Waals surface area contributed by atoms with Gasteiger partial charge in [-0.3, -0.25) is 19.4 Å². The van der Waals surface area contributed by atoms with Crippen molar-refractivity contribution in [2.24, 2.45) is 7.05 Å². The summed E-state index contributed by atoms with van der Waals surface area (Å²) in [5.74, 6) is 0.944. The number of rotatable bonds is 4. The van der Waals surface area contributed by atoms with Crippen LogP contribution in [0.25, 0.3) is 0 Å². The van der Waals surface area contributed by atoms with Crippen molar-refractivity contribution in [1.29, 1.82) is 0 Å². The van der Waals surface area contributed by atoms with Crippen LogP contribution in [0, 0.1) is 0 Å². The number of anilines is 1. The number of nitrogens with zero attached hydrogens (tertiary/aromatic N) is 4. The second-order valence-corrected chi connectivity index (χ2v) is 4.57. The third-order valence-electron chi connectivity index (χ3n) is 2.35. The minimum Gasteiger partial charge on any atom is -0.490 e.